The largest absolute Gasteiger partial charge is 0.489 e. The normalized spacial score (nSPS) is 13.0. The highest BCUT2D eigenvalue weighted by Gasteiger charge is 2.28. The third-order valence-corrected chi connectivity index (χ3v) is 8.01. The molecule has 0 aliphatic heterocycles. The van der Waals surface area contributed by atoms with Gasteiger partial charge in [-0.3, -0.25) is 4.79 Å². The van der Waals surface area contributed by atoms with Crippen LogP contribution in [0.3, 0.4) is 0 Å². The predicted octanol–water partition coefficient (Wildman–Crippen LogP) is 8.52. The van der Waals surface area contributed by atoms with Gasteiger partial charge >= 0.3 is 0 Å². The number of para-hydroxylation sites is 1. The van der Waals surface area contributed by atoms with Crippen molar-refractivity contribution in [3.8, 4) is 16.9 Å². The number of ether oxygens (including phenoxy) is 1. The molecule has 1 aliphatic rings. The first-order valence-corrected chi connectivity index (χ1v) is 13.4. The van der Waals surface area contributed by atoms with Gasteiger partial charge in [0.15, 0.2) is 5.78 Å². The van der Waals surface area contributed by atoms with Gasteiger partial charge in [-0.25, -0.2) is 0 Å². The number of rotatable bonds is 9. The molecule has 0 spiro atoms. The summed E-state index contributed by atoms with van der Waals surface area (Å²) in [6.45, 7) is 4.42. The summed E-state index contributed by atoms with van der Waals surface area (Å²) in [6.07, 6.45) is 5.68. The van der Waals surface area contributed by atoms with E-state index in [9.17, 15) is 4.79 Å². The average Bonchev–Trinajstić information content (AvgIpc) is 2.89. The Bertz CT molecular complexity index is 1390. The molecule has 1 atom stereocenters. The Morgan fingerprint density at radius 2 is 1.60 bits per heavy atom. The minimum Gasteiger partial charge on any atom is -0.489 e. The Hall–Kier alpha value is -3.24. The van der Waals surface area contributed by atoms with Gasteiger partial charge in [0.25, 0.3) is 0 Å². The number of nitrogens with two attached hydrogens (primary N) is 1. The Morgan fingerprint density at radius 3 is 2.37 bits per heavy atom. The number of ketones is 1. The number of benzene rings is 4. The lowest BCUT2D eigenvalue weighted by atomic mass is 9.82. The maximum absolute atomic E-state index is 13.4. The van der Waals surface area contributed by atoms with Gasteiger partial charge < -0.3 is 10.5 Å². The average molecular weight is 482 g/mol. The van der Waals surface area contributed by atoms with Crippen LogP contribution in [0.2, 0.25) is 0 Å². The summed E-state index contributed by atoms with van der Waals surface area (Å²) < 4.78 is 6.76. The molecule has 0 heterocycles. The summed E-state index contributed by atoms with van der Waals surface area (Å²) in [6, 6.07) is 24.0. The number of hydrogen-bond acceptors (Lipinski definition) is 4. The van der Waals surface area contributed by atoms with Gasteiger partial charge in [0, 0.05) is 32.5 Å². The van der Waals surface area contributed by atoms with E-state index in [1.165, 1.54) is 12.8 Å². The molecule has 0 amide bonds. The van der Waals surface area contributed by atoms with Gasteiger partial charge in [-0.15, -0.1) is 0 Å². The zero-order valence-corrected chi connectivity index (χ0v) is 21.2. The summed E-state index contributed by atoms with van der Waals surface area (Å²) in [5, 5.41) is 2.04. The number of unbranched alkanes of at least 4 members (excludes halogenated alkanes) is 2. The Kier molecular flexibility index (Phi) is 6.83. The fraction of sp³-hybridized carbons (Fsp3) is 0.258. The second-order valence-electron chi connectivity index (χ2n) is 9.14. The molecule has 4 aromatic rings. The molecule has 5 rings (SSSR count). The van der Waals surface area contributed by atoms with E-state index in [0.717, 1.165) is 73.5 Å². The van der Waals surface area contributed by atoms with Crippen LogP contribution >= 0.6 is 11.8 Å². The summed E-state index contributed by atoms with van der Waals surface area (Å²) >= 11 is 1.62. The number of fused-ring (bicyclic) bond motifs is 2. The Morgan fingerprint density at radius 1 is 0.857 bits per heavy atom. The fourth-order valence-corrected chi connectivity index (χ4v) is 5.96. The van der Waals surface area contributed by atoms with Crippen LogP contribution < -0.4 is 10.5 Å². The quantitative estimate of drug-likeness (QED) is 0.169. The topological polar surface area (TPSA) is 52.3 Å². The molecule has 4 heteroatoms. The molecule has 0 aromatic heterocycles. The Balaban J connectivity index is 1.72. The number of hydrogen-bond donors (Lipinski definition) is 1. The van der Waals surface area contributed by atoms with Crippen molar-refractivity contribution < 1.29 is 9.53 Å². The maximum atomic E-state index is 13.4. The minimum atomic E-state index is 0.0774. The highest BCUT2D eigenvalue weighted by Crippen LogP contribution is 2.49. The molecular weight excluding hydrogens is 450 g/mol. The van der Waals surface area contributed by atoms with E-state index in [0.29, 0.717) is 0 Å². The second-order valence-corrected chi connectivity index (χ2v) is 10.2. The minimum absolute atomic E-state index is 0.0774. The fourth-order valence-electron chi connectivity index (χ4n) is 4.92. The van der Waals surface area contributed by atoms with Gasteiger partial charge in [-0.05, 0) is 48.6 Å². The van der Waals surface area contributed by atoms with Crippen LogP contribution in [-0.4, -0.2) is 11.9 Å². The monoisotopic (exact) mass is 481 g/mol. The van der Waals surface area contributed by atoms with Crippen LogP contribution in [-0.2, 0) is 0 Å². The lowest BCUT2D eigenvalue weighted by molar-refractivity contribution is 0.104. The molecule has 0 saturated carbocycles. The highest BCUT2D eigenvalue weighted by molar-refractivity contribution is 7.99. The van der Waals surface area contributed by atoms with Crippen LogP contribution in [0, 0.1) is 0 Å². The standard InChI is InChI=1S/C31H31NO2S/c1-3-5-6-12-20(4-2)34-27-19-25-21-13-7-8-14-22(21)30(33)23-15-11-16-24(29(23)25)31(27)35-28-18-10-9-17-26(28)32/h7-11,13-20H,3-6,12,32H2,1-2H3. The molecule has 3 nitrogen and oxygen atoms in total. The maximum Gasteiger partial charge on any atom is 0.194 e. The van der Waals surface area contributed by atoms with E-state index >= 15 is 0 Å². The van der Waals surface area contributed by atoms with Crippen molar-refractivity contribution in [2.24, 2.45) is 0 Å². The lowest BCUT2D eigenvalue weighted by Gasteiger charge is -2.26. The van der Waals surface area contributed by atoms with Crippen molar-refractivity contribution in [1.29, 1.82) is 0 Å². The van der Waals surface area contributed by atoms with E-state index in [1.54, 1.807) is 11.8 Å². The van der Waals surface area contributed by atoms with Crippen molar-refractivity contribution in [2.45, 2.75) is 61.8 Å². The molecule has 0 radical (unpaired) electrons. The summed E-state index contributed by atoms with van der Waals surface area (Å²) in [7, 11) is 0. The van der Waals surface area contributed by atoms with Crippen molar-refractivity contribution in [3.05, 3.63) is 83.9 Å². The molecule has 178 valence electrons. The van der Waals surface area contributed by atoms with Crippen LogP contribution in [0.15, 0.2) is 82.6 Å². The molecule has 4 aromatic carbocycles. The van der Waals surface area contributed by atoms with Gasteiger partial charge in [0.05, 0.1) is 11.0 Å². The molecule has 0 bridgehead atoms. The Labute approximate surface area is 211 Å². The second kappa shape index (κ2) is 10.2. The van der Waals surface area contributed by atoms with E-state index in [2.05, 4.69) is 26.0 Å². The van der Waals surface area contributed by atoms with Gasteiger partial charge in [0.2, 0.25) is 0 Å². The molecule has 0 fully saturated rings. The summed E-state index contributed by atoms with van der Waals surface area (Å²) in [5.41, 5.74) is 10.6. The predicted molar refractivity (Wildman–Crippen MR) is 147 cm³/mol. The summed E-state index contributed by atoms with van der Waals surface area (Å²) in [4.78, 5) is 15.4. The first-order valence-electron chi connectivity index (χ1n) is 12.5. The zero-order valence-electron chi connectivity index (χ0n) is 20.3. The smallest absolute Gasteiger partial charge is 0.194 e. The zero-order chi connectivity index (χ0) is 24.4. The SMILES string of the molecule is CCCCCC(CC)Oc1cc2c3c(cccc3c1Sc1ccccc1N)C(=O)c1ccccc1-2. The number of nitrogen functional groups attached to an aromatic ring is 1. The molecule has 2 N–H and O–H groups in total. The van der Waals surface area contributed by atoms with Crippen molar-refractivity contribution >= 4 is 34.0 Å². The van der Waals surface area contributed by atoms with Crippen LogP contribution in [0.4, 0.5) is 5.69 Å². The summed E-state index contributed by atoms with van der Waals surface area (Å²) in [5.74, 6) is 0.943. The van der Waals surface area contributed by atoms with Gasteiger partial charge in [-0.2, -0.15) is 0 Å². The van der Waals surface area contributed by atoms with Crippen LogP contribution in [0.5, 0.6) is 5.75 Å². The lowest BCUT2D eigenvalue weighted by Crippen LogP contribution is -2.16. The van der Waals surface area contributed by atoms with E-state index in [1.807, 2.05) is 60.7 Å². The number of anilines is 1. The third kappa shape index (κ3) is 4.43. The van der Waals surface area contributed by atoms with Crippen molar-refractivity contribution in [2.75, 3.05) is 5.73 Å². The van der Waals surface area contributed by atoms with Crippen molar-refractivity contribution in [1.82, 2.24) is 0 Å². The van der Waals surface area contributed by atoms with Crippen LogP contribution in [0.25, 0.3) is 21.9 Å². The molecule has 35 heavy (non-hydrogen) atoms. The van der Waals surface area contributed by atoms with Gasteiger partial charge in [0.1, 0.15) is 5.75 Å². The molecule has 1 unspecified atom stereocenters. The third-order valence-electron chi connectivity index (χ3n) is 6.79. The van der Waals surface area contributed by atoms with E-state index in [4.69, 9.17) is 10.5 Å². The molecular formula is C31H31NO2S. The number of carbonyl (C=O) groups excluding carboxylic acids is 1. The van der Waals surface area contributed by atoms with E-state index < -0.39 is 0 Å². The first-order chi connectivity index (χ1) is 17.1. The van der Waals surface area contributed by atoms with Crippen molar-refractivity contribution in [3.63, 3.8) is 0 Å². The molecule has 1 aliphatic carbocycles. The first kappa shape index (κ1) is 23.5. The van der Waals surface area contributed by atoms with Crippen LogP contribution in [0.1, 0.15) is 61.9 Å². The molecule has 0 saturated heterocycles. The highest BCUT2D eigenvalue weighted by atomic mass is 32.2. The van der Waals surface area contributed by atoms with Gasteiger partial charge in [-0.1, -0.05) is 93.0 Å². The van der Waals surface area contributed by atoms with E-state index in [-0.39, 0.29) is 11.9 Å². The number of carbonyl (C=O) groups is 1.